The van der Waals surface area contributed by atoms with Crippen molar-refractivity contribution in [1.82, 2.24) is 0 Å². The zero-order chi connectivity index (χ0) is 9.90. The van der Waals surface area contributed by atoms with E-state index in [0.29, 0.717) is 4.61 Å². The zero-order valence-corrected chi connectivity index (χ0v) is 10.5. The van der Waals surface area contributed by atoms with Crippen molar-refractivity contribution in [2.75, 3.05) is 4.61 Å². The molecule has 0 amide bonds. The maximum absolute atomic E-state index is 5.55. The highest BCUT2D eigenvalue weighted by atomic mass is 127. The average molecular weight is 290 g/mol. The van der Waals surface area contributed by atoms with Crippen molar-refractivity contribution >= 4 is 22.6 Å². The Labute approximate surface area is 93.6 Å². The summed E-state index contributed by atoms with van der Waals surface area (Å²) in [4.78, 5) is 0. The molecule has 0 saturated heterocycles. The SMILES string of the molecule is CC(C)(C)c1ccccc1OCI. The molecule has 13 heavy (non-hydrogen) atoms. The summed E-state index contributed by atoms with van der Waals surface area (Å²) in [6.07, 6.45) is 0. The summed E-state index contributed by atoms with van der Waals surface area (Å²) in [6, 6.07) is 8.22. The molecule has 2 heteroatoms. The Hall–Kier alpha value is -0.250. The van der Waals surface area contributed by atoms with Crippen LogP contribution in [0.5, 0.6) is 5.75 Å². The second kappa shape index (κ2) is 4.31. The van der Waals surface area contributed by atoms with Gasteiger partial charge in [0.15, 0.2) is 0 Å². The van der Waals surface area contributed by atoms with Gasteiger partial charge >= 0.3 is 0 Å². The molecule has 0 aromatic heterocycles. The fraction of sp³-hybridized carbons (Fsp3) is 0.455. The van der Waals surface area contributed by atoms with Crippen LogP contribution < -0.4 is 4.74 Å². The maximum Gasteiger partial charge on any atom is 0.139 e. The van der Waals surface area contributed by atoms with E-state index in [0.717, 1.165) is 5.75 Å². The fourth-order valence-corrected chi connectivity index (χ4v) is 1.61. The molecule has 0 saturated carbocycles. The van der Waals surface area contributed by atoms with E-state index in [1.54, 1.807) is 0 Å². The van der Waals surface area contributed by atoms with Gasteiger partial charge in [-0.2, -0.15) is 0 Å². The first-order chi connectivity index (χ1) is 6.05. The largest absolute Gasteiger partial charge is 0.483 e. The highest BCUT2D eigenvalue weighted by Gasteiger charge is 2.17. The van der Waals surface area contributed by atoms with Gasteiger partial charge in [-0.25, -0.2) is 0 Å². The summed E-state index contributed by atoms with van der Waals surface area (Å²) in [6.45, 7) is 6.59. The lowest BCUT2D eigenvalue weighted by Crippen LogP contribution is -2.12. The molecular formula is C11H15IO. The first-order valence-corrected chi connectivity index (χ1v) is 5.86. The van der Waals surface area contributed by atoms with Crippen molar-refractivity contribution in [3.8, 4) is 5.75 Å². The molecule has 0 aliphatic rings. The molecule has 0 aliphatic heterocycles. The summed E-state index contributed by atoms with van der Waals surface area (Å²) in [5.41, 5.74) is 1.43. The molecule has 0 fully saturated rings. The molecule has 0 spiro atoms. The van der Waals surface area contributed by atoms with E-state index < -0.39 is 0 Å². The van der Waals surface area contributed by atoms with Gasteiger partial charge in [0.1, 0.15) is 10.4 Å². The van der Waals surface area contributed by atoms with Crippen LogP contribution in [0.2, 0.25) is 0 Å². The summed E-state index contributed by atoms with van der Waals surface area (Å²) in [7, 11) is 0. The lowest BCUT2D eigenvalue weighted by atomic mass is 9.86. The number of hydrogen-bond donors (Lipinski definition) is 0. The van der Waals surface area contributed by atoms with E-state index in [4.69, 9.17) is 4.74 Å². The van der Waals surface area contributed by atoms with Gasteiger partial charge in [0.2, 0.25) is 0 Å². The quantitative estimate of drug-likeness (QED) is 0.595. The average Bonchev–Trinajstić information content (AvgIpc) is 2.04. The van der Waals surface area contributed by atoms with Crippen molar-refractivity contribution in [1.29, 1.82) is 0 Å². The van der Waals surface area contributed by atoms with Crippen molar-refractivity contribution in [2.45, 2.75) is 26.2 Å². The number of halogens is 1. The molecule has 72 valence electrons. The molecule has 0 radical (unpaired) electrons. The summed E-state index contributed by atoms with van der Waals surface area (Å²) in [5.74, 6) is 1.00. The van der Waals surface area contributed by atoms with E-state index in [-0.39, 0.29) is 5.41 Å². The molecule has 1 aromatic carbocycles. The van der Waals surface area contributed by atoms with Crippen LogP contribution in [0.3, 0.4) is 0 Å². The first-order valence-electron chi connectivity index (χ1n) is 4.34. The maximum atomic E-state index is 5.55. The molecule has 0 atom stereocenters. The van der Waals surface area contributed by atoms with Crippen LogP contribution in [0.25, 0.3) is 0 Å². The van der Waals surface area contributed by atoms with E-state index in [1.165, 1.54) is 5.56 Å². The fourth-order valence-electron chi connectivity index (χ4n) is 1.27. The number of hydrogen-bond acceptors (Lipinski definition) is 1. The number of ether oxygens (including phenoxy) is 1. The third-order valence-electron chi connectivity index (χ3n) is 1.91. The molecule has 1 nitrogen and oxygen atoms in total. The molecular weight excluding hydrogens is 275 g/mol. The van der Waals surface area contributed by atoms with Gasteiger partial charge in [-0.3, -0.25) is 0 Å². The second-order valence-electron chi connectivity index (χ2n) is 4.00. The minimum Gasteiger partial charge on any atom is -0.483 e. The van der Waals surface area contributed by atoms with Crippen LogP contribution in [0.15, 0.2) is 24.3 Å². The Morgan fingerprint density at radius 2 is 1.85 bits per heavy atom. The lowest BCUT2D eigenvalue weighted by molar-refractivity contribution is 0.388. The third-order valence-corrected chi connectivity index (χ3v) is 2.22. The lowest BCUT2D eigenvalue weighted by Gasteiger charge is -2.21. The second-order valence-corrected chi connectivity index (χ2v) is 4.62. The van der Waals surface area contributed by atoms with Crippen molar-refractivity contribution in [3.05, 3.63) is 29.8 Å². The topological polar surface area (TPSA) is 9.23 Å². The monoisotopic (exact) mass is 290 g/mol. The van der Waals surface area contributed by atoms with Crippen molar-refractivity contribution < 1.29 is 4.74 Å². The summed E-state index contributed by atoms with van der Waals surface area (Å²) in [5, 5.41) is 0. The Kier molecular flexibility index (Phi) is 3.59. The molecule has 1 aromatic rings. The predicted octanol–water partition coefficient (Wildman–Crippen LogP) is 3.76. The summed E-state index contributed by atoms with van der Waals surface area (Å²) < 4.78 is 6.25. The van der Waals surface area contributed by atoms with Crippen LogP contribution in [-0.2, 0) is 5.41 Å². The number of alkyl halides is 1. The van der Waals surface area contributed by atoms with Gasteiger partial charge in [-0.05, 0) is 39.6 Å². The van der Waals surface area contributed by atoms with Crippen LogP contribution in [0, 0.1) is 0 Å². The van der Waals surface area contributed by atoms with Gasteiger partial charge in [0, 0.05) is 0 Å². The summed E-state index contributed by atoms with van der Waals surface area (Å²) >= 11 is 2.21. The molecule has 0 unspecified atom stereocenters. The Morgan fingerprint density at radius 1 is 1.23 bits per heavy atom. The highest BCUT2D eigenvalue weighted by molar-refractivity contribution is 14.1. The van der Waals surface area contributed by atoms with Crippen LogP contribution in [0.4, 0.5) is 0 Å². The van der Waals surface area contributed by atoms with Crippen LogP contribution in [0.1, 0.15) is 26.3 Å². The Morgan fingerprint density at radius 3 is 2.38 bits per heavy atom. The molecule has 1 rings (SSSR count). The number of para-hydroxylation sites is 1. The minimum atomic E-state index is 0.155. The first kappa shape index (κ1) is 10.8. The molecule has 0 heterocycles. The normalized spacial score (nSPS) is 11.4. The number of benzene rings is 1. The van der Waals surface area contributed by atoms with Gasteiger partial charge in [0.05, 0.1) is 0 Å². The van der Waals surface area contributed by atoms with E-state index >= 15 is 0 Å². The molecule has 0 aliphatic carbocycles. The molecule has 0 N–H and O–H groups in total. The zero-order valence-electron chi connectivity index (χ0n) is 8.30. The van der Waals surface area contributed by atoms with E-state index in [9.17, 15) is 0 Å². The van der Waals surface area contributed by atoms with Crippen molar-refractivity contribution in [3.63, 3.8) is 0 Å². The minimum absolute atomic E-state index is 0.155. The third kappa shape index (κ3) is 2.86. The van der Waals surface area contributed by atoms with Crippen LogP contribution >= 0.6 is 22.6 Å². The van der Waals surface area contributed by atoms with E-state index in [1.807, 2.05) is 12.1 Å². The highest BCUT2D eigenvalue weighted by Crippen LogP contribution is 2.30. The Balaban J connectivity index is 3.05. The van der Waals surface area contributed by atoms with Gasteiger partial charge in [0.25, 0.3) is 0 Å². The smallest absolute Gasteiger partial charge is 0.139 e. The van der Waals surface area contributed by atoms with Gasteiger partial charge < -0.3 is 4.74 Å². The van der Waals surface area contributed by atoms with Crippen LogP contribution in [-0.4, -0.2) is 4.61 Å². The standard InChI is InChI=1S/C11H15IO/c1-11(2,3)9-6-4-5-7-10(9)13-8-12/h4-7H,8H2,1-3H3. The Bertz CT molecular complexity index is 276. The van der Waals surface area contributed by atoms with Gasteiger partial charge in [-0.15, -0.1) is 0 Å². The van der Waals surface area contributed by atoms with Crippen molar-refractivity contribution in [2.24, 2.45) is 0 Å². The predicted molar refractivity (Wildman–Crippen MR) is 64.7 cm³/mol. The number of rotatable bonds is 2. The molecule has 0 bridgehead atoms. The van der Waals surface area contributed by atoms with E-state index in [2.05, 4.69) is 55.5 Å². The van der Waals surface area contributed by atoms with Gasteiger partial charge in [-0.1, -0.05) is 39.0 Å².